The number of nitrogens with one attached hydrogen (secondary N) is 2. The maximum atomic E-state index is 12.3. The average Bonchev–Trinajstić information content (AvgIpc) is 3.42. The molecule has 172 valence electrons. The quantitative estimate of drug-likeness (QED) is 0.298. The summed E-state index contributed by atoms with van der Waals surface area (Å²) in [5, 5.41) is 24.1. The van der Waals surface area contributed by atoms with Gasteiger partial charge in [-0.2, -0.15) is 5.10 Å². The highest BCUT2D eigenvalue weighted by Crippen LogP contribution is 2.30. The van der Waals surface area contributed by atoms with E-state index in [0.717, 1.165) is 17.3 Å². The molecule has 34 heavy (non-hydrogen) atoms. The number of carbonyl (C=O) groups excluding carboxylic acids is 2. The maximum Gasteiger partial charge on any atom is 0.280 e. The molecule has 2 aromatic carbocycles. The maximum absolute atomic E-state index is 12.3. The molecule has 1 aliphatic rings. The molecule has 0 saturated carbocycles. The number of aryl methyl sites for hydroxylation is 1. The Morgan fingerprint density at radius 2 is 1.97 bits per heavy atom. The molecule has 1 aromatic heterocycles. The molecule has 4 rings (SSSR count). The van der Waals surface area contributed by atoms with Crippen LogP contribution in [0.2, 0.25) is 0 Å². The first-order valence-electron chi connectivity index (χ1n) is 10.2. The SMILES string of the molecule is Cc1ccc(NC(=O)C[C@@H]2S/C(=N\N=C/c3ccc(-c4ccccc4[N+](=O)[O-])o3)NC2=O)cc1. The topological polar surface area (TPSA) is 139 Å². The zero-order valence-electron chi connectivity index (χ0n) is 17.9. The normalized spacial score (nSPS) is 16.7. The number of hydrogen-bond acceptors (Lipinski definition) is 8. The van der Waals surface area contributed by atoms with Crippen molar-refractivity contribution < 1.29 is 18.9 Å². The number of furan rings is 1. The molecule has 0 radical (unpaired) electrons. The number of nitrogens with zero attached hydrogens (tertiary/aromatic N) is 3. The van der Waals surface area contributed by atoms with Crippen molar-refractivity contribution in [1.29, 1.82) is 0 Å². The highest BCUT2D eigenvalue weighted by atomic mass is 32.2. The van der Waals surface area contributed by atoms with Crippen molar-refractivity contribution in [3.63, 3.8) is 0 Å². The molecule has 1 atom stereocenters. The number of hydrogen-bond donors (Lipinski definition) is 2. The fourth-order valence-corrected chi connectivity index (χ4v) is 4.07. The molecule has 3 aromatic rings. The highest BCUT2D eigenvalue weighted by molar-refractivity contribution is 8.15. The summed E-state index contributed by atoms with van der Waals surface area (Å²) in [6.45, 7) is 1.95. The number of rotatable bonds is 7. The lowest BCUT2D eigenvalue weighted by Gasteiger charge is -2.07. The summed E-state index contributed by atoms with van der Waals surface area (Å²) in [5.74, 6) is 0.0551. The van der Waals surface area contributed by atoms with Gasteiger partial charge in [0.2, 0.25) is 11.8 Å². The molecule has 1 aliphatic heterocycles. The van der Waals surface area contributed by atoms with Crippen molar-refractivity contribution in [3.05, 3.63) is 82.1 Å². The second-order valence-electron chi connectivity index (χ2n) is 7.34. The molecule has 1 saturated heterocycles. The third-order valence-corrected chi connectivity index (χ3v) is 5.88. The number of anilines is 1. The number of nitro benzene ring substituents is 1. The van der Waals surface area contributed by atoms with Crippen molar-refractivity contribution in [2.24, 2.45) is 10.2 Å². The van der Waals surface area contributed by atoms with Crippen molar-refractivity contribution >= 4 is 46.3 Å². The first kappa shape index (κ1) is 22.9. The number of benzene rings is 2. The van der Waals surface area contributed by atoms with E-state index in [-0.39, 0.29) is 29.1 Å². The van der Waals surface area contributed by atoms with Gasteiger partial charge >= 0.3 is 0 Å². The van der Waals surface area contributed by atoms with Crippen LogP contribution in [0.15, 0.2) is 75.3 Å². The Morgan fingerprint density at radius 1 is 1.21 bits per heavy atom. The molecule has 0 unspecified atom stereocenters. The van der Waals surface area contributed by atoms with Crippen LogP contribution < -0.4 is 10.6 Å². The van der Waals surface area contributed by atoms with Crippen molar-refractivity contribution in [3.8, 4) is 11.3 Å². The first-order chi connectivity index (χ1) is 16.4. The number of para-hydroxylation sites is 1. The second kappa shape index (κ2) is 10.1. The number of thioether (sulfide) groups is 1. The van der Waals surface area contributed by atoms with E-state index in [2.05, 4.69) is 20.8 Å². The summed E-state index contributed by atoms with van der Waals surface area (Å²) in [6, 6.07) is 16.8. The number of amidine groups is 1. The van der Waals surface area contributed by atoms with E-state index in [4.69, 9.17) is 4.42 Å². The molecular weight excluding hydrogens is 458 g/mol. The van der Waals surface area contributed by atoms with Crippen LogP contribution in [0, 0.1) is 17.0 Å². The standard InChI is InChI=1S/C23H19N5O5S/c1-14-6-8-15(9-7-14)25-21(29)12-20-22(30)26-23(34-20)27-24-13-16-10-11-19(33-16)17-4-2-3-5-18(17)28(31)32/h2-11,13,20H,12H2,1H3,(H,25,29)(H,26,27,30)/b24-13-/t20-/m0/s1. The van der Waals surface area contributed by atoms with Gasteiger partial charge in [-0.25, -0.2) is 0 Å². The van der Waals surface area contributed by atoms with Crippen LogP contribution in [-0.4, -0.2) is 33.4 Å². The van der Waals surface area contributed by atoms with E-state index >= 15 is 0 Å². The van der Waals surface area contributed by atoms with E-state index in [9.17, 15) is 19.7 Å². The molecule has 11 heteroatoms. The first-order valence-corrected chi connectivity index (χ1v) is 11.1. The number of amides is 2. The van der Waals surface area contributed by atoms with Crippen LogP contribution in [0.25, 0.3) is 11.3 Å². The number of nitro groups is 1. The van der Waals surface area contributed by atoms with Gasteiger partial charge in [0.1, 0.15) is 16.8 Å². The zero-order chi connectivity index (χ0) is 24.1. The summed E-state index contributed by atoms with van der Waals surface area (Å²) in [5.41, 5.74) is 2.03. The van der Waals surface area contributed by atoms with E-state index in [1.54, 1.807) is 42.5 Å². The van der Waals surface area contributed by atoms with Crippen LogP contribution in [-0.2, 0) is 9.59 Å². The zero-order valence-corrected chi connectivity index (χ0v) is 18.7. The van der Waals surface area contributed by atoms with E-state index < -0.39 is 10.2 Å². The van der Waals surface area contributed by atoms with Gasteiger partial charge in [-0.1, -0.05) is 41.6 Å². The smallest absolute Gasteiger partial charge is 0.280 e. The third kappa shape index (κ3) is 5.56. The molecule has 0 spiro atoms. The molecule has 0 aliphatic carbocycles. The van der Waals surface area contributed by atoms with Gasteiger partial charge in [0.05, 0.1) is 16.7 Å². The van der Waals surface area contributed by atoms with Crippen molar-refractivity contribution in [1.82, 2.24) is 5.32 Å². The van der Waals surface area contributed by atoms with Crippen LogP contribution in [0.4, 0.5) is 11.4 Å². The van der Waals surface area contributed by atoms with Gasteiger partial charge in [-0.15, -0.1) is 5.10 Å². The van der Waals surface area contributed by atoms with Gasteiger partial charge in [0.25, 0.3) is 5.69 Å². The predicted octanol–water partition coefficient (Wildman–Crippen LogP) is 4.11. The molecule has 2 heterocycles. The monoisotopic (exact) mass is 477 g/mol. The molecule has 1 fully saturated rings. The van der Waals surface area contributed by atoms with Gasteiger partial charge < -0.3 is 15.1 Å². The lowest BCUT2D eigenvalue weighted by atomic mass is 10.1. The summed E-state index contributed by atoms with van der Waals surface area (Å²) in [7, 11) is 0. The summed E-state index contributed by atoms with van der Waals surface area (Å²) in [4.78, 5) is 35.2. The summed E-state index contributed by atoms with van der Waals surface area (Å²) in [6.07, 6.45) is 1.32. The van der Waals surface area contributed by atoms with Crippen LogP contribution in [0.1, 0.15) is 17.7 Å². The van der Waals surface area contributed by atoms with Gasteiger partial charge in [0.15, 0.2) is 5.17 Å². The Hall–Kier alpha value is -4.25. The van der Waals surface area contributed by atoms with Crippen LogP contribution >= 0.6 is 11.8 Å². The molecular formula is C23H19N5O5S. The third-order valence-electron chi connectivity index (χ3n) is 4.81. The summed E-state index contributed by atoms with van der Waals surface area (Å²) < 4.78 is 5.61. The minimum absolute atomic E-state index is 0.00941. The van der Waals surface area contributed by atoms with Crippen molar-refractivity contribution in [2.75, 3.05) is 5.32 Å². The van der Waals surface area contributed by atoms with E-state index in [0.29, 0.717) is 22.8 Å². The Labute approximate surface area is 198 Å². The molecule has 2 amide bonds. The average molecular weight is 478 g/mol. The summed E-state index contributed by atoms with van der Waals surface area (Å²) >= 11 is 1.11. The highest BCUT2D eigenvalue weighted by Gasteiger charge is 2.32. The lowest BCUT2D eigenvalue weighted by Crippen LogP contribution is -2.28. The second-order valence-corrected chi connectivity index (χ2v) is 8.53. The fraction of sp³-hybridized carbons (Fsp3) is 0.130. The molecule has 0 bridgehead atoms. The van der Waals surface area contributed by atoms with Crippen LogP contribution in [0.3, 0.4) is 0 Å². The van der Waals surface area contributed by atoms with E-state index in [1.165, 1.54) is 12.3 Å². The van der Waals surface area contributed by atoms with Crippen LogP contribution in [0.5, 0.6) is 0 Å². The van der Waals surface area contributed by atoms with E-state index in [1.807, 2.05) is 19.1 Å². The Kier molecular flexibility index (Phi) is 6.83. The Bertz CT molecular complexity index is 1300. The minimum atomic E-state index is -0.617. The van der Waals surface area contributed by atoms with Gasteiger partial charge in [0, 0.05) is 18.2 Å². The van der Waals surface area contributed by atoms with Gasteiger partial charge in [-0.05, 0) is 37.3 Å². The Morgan fingerprint density at radius 3 is 2.74 bits per heavy atom. The fourth-order valence-electron chi connectivity index (χ4n) is 3.15. The Balaban J connectivity index is 1.35. The minimum Gasteiger partial charge on any atom is -0.455 e. The largest absolute Gasteiger partial charge is 0.455 e. The predicted molar refractivity (Wildman–Crippen MR) is 130 cm³/mol. The van der Waals surface area contributed by atoms with Crippen molar-refractivity contribution in [2.45, 2.75) is 18.6 Å². The molecule has 10 nitrogen and oxygen atoms in total. The molecule has 2 N–H and O–H groups in total. The number of carbonyl (C=O) groups is 2. The van der Waals surface area contributed by atoms with Gasteiger partial charge in [-0.3, -0.25) is 19.7 Å². The lowest BCUT2D eigenvalue weighted by molar-refractivity contribution is -0.384.